The summed E-state index contributed by atoms with van der Waals surface area (Å²) < 4.78 is 0. The Morgan fingerprint density at radius 1 is 1.33 bits per heavy atom. The third-order valence-electron chi connectivity index (χ3n) is 0.966. The van der Waals surface area contributed by atoms with Crippen LogP contribution in [0.2, 0.25) is 0 Å². The summed E-state index contributed by atoms with van der Waals surface area (Å²) in [5.74, 6) is 0.587. The monoisotopic (exact) mass is 128 g/mol. The minimum Gasteiger partial charge on any atom is -0.366 e. The number of hydrogen-bond acceptors (Lipinski definition) is 1. The Bertz CT molecular complexity index is 138. The quantitative estimate of drug-likeness (QED) is 0.352. The first-order valence-corrected chi connectivity index (χ1v) is 2.77. The lowest BCUT2D eigenvalue weighted by molar-refractivity contribution is -0.115. The second-order valence-electron chi connectivity index (χ2n) is 2.07. The van der Waals surface area contributed by atoms with Crippen molar-refractivity contribution in [1.29, 1.82) is 0 Å². The minimum absolute atomic E-state index is 0.152. The molecule has 9 heavy (non-hydrogen) atoms. The highest BCUT2D eigenvalue weighted by Gasteiger charge is 1.92. The average Bonchev–Trinajstić information content (AvgIpc) is 1.63. The van der Waals surface area contributed by atoms with Gasteiger partial charge in [-0.25, -0.2) is 4.99 Å². The number of rotatable bonds is 0. The SMILES string of the molecule is CC(=O)N=C(C)N(C)C. The van der Waals surface area contributed by atoms with Crippen molar-refractivity contribution in [1.82, 2.24) is 4.90 Å². The van der Waals surface area contributed by atoms with Crippen LogP contribution in [0.5, 0.6) is 0 Å². The molecular weight excluding hydrogens is 116 g/mol. The molecule has 0 saturated carbocycles. The van der Waals surface area contributed by atoms with Crippen LogP contribution < -0.4 is 0 Å². The van der Waals surface area contributed by atoms with Gasteiger partial charge in [-0.3, -0.25) is 4.79 Å². The van der Waals surface area contributed by atoms with E-state index in [0.29, 0.717) is 0 Å². The lowest BCUT2D eigenvalue weighted by Crippen LogP contribution is -2.19. The molecule has 0 spiro atoms. The molecule has 0 aliphatic rings. The van der Waals surface area contributed by atoms with E-state index in [-0.39, 0.29) is 5.91 Å². The van der Waals surface area contributed by atoms with Gasteiger partial charge in [-0.2, -0.15) is 0 Å². The van der Waals surface area contributed by atoms with E-state index < -0.39 is 0 Å². The van der Waals surface area contributed by atoms with Gasteiger partial charge < -0.3 is 4.90 Å². The Hall–Kier alpha value is -0.860. The maximum atomic E-state index is 10.3. The lowest BCUT2D eigenvalue weighted by atomic mass is 10.6. The molecular formula is C6H12N2O. The van der Waals surface area contributed by atoms with Gasteiger partial charge in [-0.05, 0) is 6.92 Å². The number of carbonyl (C=O) groups excluding carboxylic acids is 1. The van der Waals surface area contributed by atoms with E-state index in [0.717, 1.165) is 5.84 Å². The van der Waals surface area contributed by atoms with Crippen molar-refractivity contribution in [2.75, 3.05) is 14.1 Å². The van der Waals surface area contributed by atoms with Gasteiger partial charge in [-0.1, -0.05) is 0 Å². The van der Waals surface area contributed by atoms with Gasteiger partial charge in [0, 0.05) is 21.0 Å². The third kappa shape index (κ3) is 3.70. The Kier molecular flexibility index (Phi) is 2.91. The van der Waals surface area contributed by atoms with Crippen LogP contribution in [0.15, 0.2) is 4.99 Å². The highest BCUT2D eigenvalue weighted by molar-refractivity contribution is 5.91. The summed E-state index contributed by atoms with van der Waals surface area (Å²) in [6, 6.07) is 0. The molecule has 0 fully saturated rings. The molecule has 0 atom stereocenters. The first-order chi connectivity index (χ1) is 4.04. The molecule has 0 rings (SSSR count). The van der Waals surface area contributed by atoms with E-state index in [9.17, 15) is 4.79 Å². The molecule has 0 aromatic rings. The molecule has 0 unspecified atom stereocenters. The van der Waals surface area contributed by atoms with Gasteiger partial charge in [-0.15, -0.1) is 0 Å². The molecule has 0 saturated heterocycles. The van der Waals surface area contributed by atoms with Crippen molar-refractivity contribution >= 4 is 11.7 Å². The summed E-state index contributed by atoms with van der Waals surface area (Å²) >= 11 is 0. The smallest absolute Gasteiger partial charge is 0.244 e. The predicted molar refractivity (Wildman–Crippen MR) is 37.5 cm³/mol. The largest absolute Gasteiger partial charge is 0.366 e. The molecule has 0 aliphatic carbocycles. The second-order valence-corrected chi connectivity index (χ2v) is 2.07. The lowest BCUT2D eigenvalue weighted by Gasteiger charge is -2.08. The number of carbonyl (C=O) groups is 1. The molecule has 1 amide bonds. The van der Waals surface area contributed by atoms with Crippen molar-refractivity contribution in [3.63, 3.8) is 0 Å². The van der Waals surface area contributed by atoms with Crippen molar-refractivity contribution in [2.24, 2.45) is 4.99 Å². The van der Waals surface area contributed by atoms with Gasteiger partial charge in [0.25, 0.3) is 0 Å². The summed E-state index contributed by atoms with van der Waals surface area (Å²) in [4.78, 5) is 15.8. The first-order valence-electron chi connectivity index (χ1n) is 2.77. The van der Waals surface area contributed by atoms with Crippen molar-refractivity contribution < 1.29 is 4.79 Å². The summed E-state index contributed by atoms with van der Waals surface area (Å²) in [7, 11) is 3.70. The number of aliphatic imine (C=N–C) groups is 1. The van der Waals surface area contributed by atoms with Crippen LogP contribution >= 0.6 is 0 Å². The number of amides is 1. The highest BCUT2D eigenvalue weighted by Crippen LogP contribution is 1.82. The number of nitrogens with zero attached hydrogens (tertiary/aromatic N) is 2. The second kappa shape index (κ2) is 3.22. The molecule has 3 heteroatoms. The molecule has 0 heterocycles. The van der Waals surface area contributed by atoms with Crippen molar-refractivity contribution in [2.45, 2.75) is 13.8 Å². The van der Waals surface area contributed by atoms with E-state index in [1.54, 1.807) is 11.8 Å². The number of amidine groups is 1. The van der Waals surface area contributed by atoms with Gasteiger partial charge in [0.2, 0.25) is 5.91 Å². The highest BCUT2D eigenvalue weighted by atomic mass is 16.1. The molecule has 0 aromatic heterocycles. The van der Waals surface area contributed by atoms with Crippen LogP contribution in [-0.2, 0) is 4.79 Å². The van der Waals surface area contributed by atoms with Crippen molar-refractivity contribution in [3.8, 4) is 0 Å². The molecule has 3 nitrogen and oxygen atoms in total. The molecule has 52 valence electrons. The minimum atomic E-state index is -0.152. The maximum absolute atomic E-state index is 10.3. The summed E-state index contributed by atoms with van der Waals surface area (Å²) in [5, 5.41) is 0. The first kappa shape index (κ1) is 8.14. The van der Waals surface area contributed by atoms with E-state index in [1.165, 1.54) is 6.92 Å². The number of hydrogen-bond donors (Lipinski definition) is 0. The predicted octanol–water partition coefficient (Wildman–Crippen LogP) is 0.513. The van der Waals surface area contributed by atoms with E-state index in [1.807, 2.05) is 14.1 Å². The Morgan fingerprint density at radius 2 is 1.78 bits per heavy atom. The van der Waals surface area contributed by atoms with Crippen LogP contribution in [0, 0.1) is 0 Å². The van der Waals surface area contributed by atoms with Crippen molar-refractivity contribution in [3.05, 3.63) is 0 Å². The van der Waals surface area contributed by atoms with Crippen LogP contribution in [0.25, 0.3) is 0 Å². The van der Waals surface area contributed by atoms with Crippen LogP contribution in [0.4, 0.5) is 0 Å². The fourth-order valence-electron chi connectivity index (χ4n) is 0.328. The molecule has 0 aliphatic heterocycles. The zero-order chi connectivity index (χ0) is 7.44. The Labute approximate surface area is 55.4 Å². The van der Waals surface area contributed by atoms with E-state index in [2.05, 4.69) is 4.99 Å². The third-order valence-corrected chi connectivity index (χ3v) is 0.966. The molecule has 0 bridgehead atoms. The van der Waals surface area contributed by atoms with Crippen LogP contribution in [0.1, 0.15) is 13.8 Å². The normalized spacial score (nSPS) is 11.3. The molecule has 0 radical (unpaired) electrons. The average molecular weight is 128 g/mol. The standard InChI is InChI=1S/C6H12N2O/c1-5(8(3)4)7-6(2)9/h1-4H3. The fourth-order valence-corrected chi connectivity index (χ4v) is 0.328. The van der Waals surface area contributed by atoms with E-state index >= 15 is 0 Å². The zero-order valence-electron chi connectivity index (χ0n) is 6.30. The fraction of sp³-hybridized carbons (Fsp3) is 0.667. The Morgan fingerprint density at radius 3 is 1.89 bits per heavy atom. The van der Waals surface area contributed by atoms with Gasteiger partial charge in [0.15, 0.2) is 0 Å². The van der Waals surface area contributed by atoms with Gasteiger partial charge in [0.05, 0.1) is 0 Å². The maximum Gasteiger partial charge on any atom is 0.244 e. The topological polar surface area (TPSA) is 32.7 Å². The van der Waals surface area contributed by atoms with Gasteiger partial charge >= 0.3 is 0 Å². The van der Waals surface area contributed by atoms with Crippen LogP contribution in [0.3, 0.4) is 0 Å². The van der Waals surface area contributed by atoms with Crippen LogP contribution in [-0.4, -0.2) is 30.7 Å². The summed E-state index contributed by atoms with van der Waals surface area (Å²) in [6.45, 7) is 3.23. The molecule has 0 N–H and O–H groups in total. The zero-order valence-corrected chi connectivity index (χ0v) is 6.30. The van der Waals surface area contributed by atoms with E-state index in [4.69, 9.17) is 0 Å². The summed E-state index contributed by atoms with van der Waals surface area (Å²) in [5.41, 5.74) is 0. The molecule has 0 aromatic carbocycles. The summed E-state index contributed by atoms with van der Waals surface area (Å²) in [6.07, 6.45) is 0. The van der Waals surface area contributed by atoms with Gasteiger partial charge in [0.1, 0.15) is 5.84 Å². The Balaban J connectivity index is 4.00.